The highest BCUT2D eigenvalue weighted by Gasteiger charge is 2.41. The van der Waals surface area contributed by atoms with Gasteiger partial charge in [0.25, 0.3) is 0 Å². The fourth-order valence-corrected chi connectivity index (χ4v) is 4.80. The molecule has 1 saturated carbocycles. The fraction of sp³-hybridized carbons (Fsp3) is 0.941. The summed E-state index contributed by atoms with van der Waals surface area (Å²) < 4.78 is 0. The van der Waals surface area contributed by atoms with E-state index in [2.05, 4.69) is 9.80 Å². The second kappa shape index (κ2) is 6.25. The summed E-state index contributed by atoms with van der Waals surface area (Å²) in [5.74, 6) is 0.230. The normalized spacial score (nSPS) is 33.5. The minimum Gasteiger partial charge on any atom is -0.389 e. The zero-order valence-electron chi connectivity index (χ0n) is 13.4. The number of hydrogen-bond donors (Lipinski definition) is 1. The number of nitrogens with zero attached hydrogens (tertiary/aromatic N) is 2. The predicted octanol–water partition coefficient (Wildman–Crippen LogP) is 2.16. The Kier molecular flexibility index (Phi) is 4.55. The molecule has 4 nitrogen and oxygen atoms in total. The van der Waals surface area contributed by atoms with Gasteiger partial charge in [0.2, 0.25) is 5.91 Å². The lowest BCUT2D eigenvalue weighted by molar-refractivity contribution is -0.134. The maximum Gasteiger partial charge on any atom is 0.219 e. The number of aliphatic hydroxyl groups is 1. The van der Waals surface area contributed by atoms with E-state index in [0.29, 0.717) is 12.1 Å². The Bertz CT molecular complexity index is 379. The molecular weight excluding hydrogens is 264 g/mol. The quantitative estimate of drug-likeness (QED) is 0.849. The lowest BCUT2D eigenvalue weighted by Gasteiger charge is -2.46. The third kappa shape index (κ3) is 3.26. The lowest BCUT2D eigenvalue weighted by Crippen LogP contribution is -2.58. The molecule has 4 heteroatoms. The van der Waals surface area contributed by atoms with Crippen molar-refractivity contribution in [2.45, 2.75) is 82.4 Å². The van der Waals surface area contributed by atoms with Crippen LogP contribution in [0.2, 0.25) is 0 Å². The molecule has 0 radical (unpaired) electrons. The lowest BCUT2D eigenvalue weighted by atomic mass is 9.90. The molecular formula is C17H30N2O2. The molecule has 2 heterocycles. The van der Waals surface area contributed by atoms with E-state index in [1.54, 1.807) is 6.92 Å². The molecule has 0 unspecified atom stereocenters. The van der Waals surface area contributed by atoms with E-state index in [-0.39, 0.29) is 5.91 Å². The van der Waals surface area contributed by atoms with Crippen LogP contribution in [0.3, 0.4) is 0 Å². The van der Waals surface area contributed by atoms with Crippen molar-refractivity contribution in [3.8, 4) is 0 Å². The van der Waals surface area contributed by atoms with Crippen LogP contribution in [0, 0.1) is 0 Å². The minimum atomic E-state index is -0.463. The van der Waals surface area contributed by atoms with Crippen LogP contribution in [0.4, 0.5) is 0 Å². The van der Waals surface area contributed by atoms with Crippen molar-refractivity contribution in [1.82, 2.24) is 9.80 Å². The summed E-state index contributed by atoms with van der Waals surface area (Å²) >= 11 is 0. The van der Waals surface area contributed by atoms with E-state index >= 15 is 0 Å². The van der Waals surface area contributed by atoms with Gasteiger partial charge < -0.3 is 10.0 Å². The first-order chi connectivity index (χ1) is 10.1. The van der Waals surface area contributed by atoms with Crippen molar-refractivity contribution in [2.75, 3.05) is 19.6 Å². The first kappa shape index (κ1) is 15.3. The number of piperidine rings is 1. The van der Waals surface area contributed by atoms with Crippen LogP contribution >= 0.6 is 0 Å². The zero-order chi connectivity index (χ0) is 14.9. The van der Waals surface area contributed by atoms with E-state index in [9.17, 15) is 9.90 Å². The molecule has 3 fully saturated rings. The summed E-state index contributed by atoms with van der Waals surface area (Å²) in [6.07, 6.45) is 10.1. The largest absolute Gasteiger partial charge is 0.389 e. The van der Waals surface area contributed by atoms with Crippen LogP contribution in [0.25, 0.3) is 0 Å². The zero-order valence-corrected chi connectivity index (χ0v) is 13.4. The molecule has 21 heavy (non-hydrogen) atoms. The van der Waals surface area contributed by atoms with Gasteiger partial charge in [-0.1, -0.05) is 19.3 Å². The van der Waals surface area contributed by atoms with Crippen LogP contribution in [0.5, 0.6) is 0 Å². The number of hydrogen-bond acceptors (Lipinski definition) is 3. The first-order valence-corrected chi connectivity index (χ1v) is 8.83. The Morgan fingerprint density at radius 2 is 1.76 bits per heavy atom. The molecule has 2 atom stereocenters. The van der Waals surface area contributed by atoms with Crippen molar-refractivity contribution in [3.63, 3.8) is 0 Å². The van der Waals surface area contributed by atoms with Gasteiger partial charge in [0.05, 0.1) is 5.60 Å². The summed E-state index contributed by atoms with van der Waals surface area (Å²) in [4.78, 5) is 16.6. The van der Waals surface area contributed by atoms with Crippen molar-refractivity contribution < 1.29 is 9.90 Å². The van der Waals surface area contributed by atoms with Crippen LogP contribution in [-0.4, -0.2) is 58.1 Å². The van der Waals surface area contributed by atoms with Gasteiger partial charge in [-0.3, -0.25) is 9.69 Å². The molecule has 1 amide bonds. The number of amides is 1. The number of carbonyl (C=O) groups excluding carboxylic acids is 1. The molecule has 0 aromatic heterocycles. The molecule has 3 aliphatic rings. The van der Waals surface area contributed by atoms with E-state index in [4.69, 9.17) is 0 Å². The van der Waals surface area contributed by atoms with E-state index in [0.717, 1.165) is 64.6 Å². The van der Waals surface area contributed by atoms with Crippen molar-refractivity contribution in [3.05, 3.63) is 0 Å². The van der Waals surface area contributed by atoms with E-state index in [1.807, 2.05) is 0 Å². The molecule has 0 aromatic rings. The third-order valence-corrected chi connectivity index (χ3v) is 5.84. The Labute approximate surface area is 128 Å². The van der Waals surface area contributed by atoms with Gasteiger partial charge in [-0.05, 0) is 45.1 Å². The number of β-amino-alcohol motifs (C(OH)–C–C–N with tert-alkyl or cyclic N) is 1. The van der Waals surface area contributed by atoms with Crippen LogP contribution < -0.4 is 0 Å². The van der Waals surface area contributed by atoms with Crippen LogP contribution in [0.1, 0.15) is 64.7 Å². The van der Waals surface area contributed by atoms with Crippen molar-refractivity contribution in [1.29, 1.82) is 0 Å². The minimum absolute atomic E-state index is 0.230. The number of rotatable bonds is 2. The molecule has 0 aromatic carbocycles. The number of likely N-dealkylation sites (tertiary alicyclic amines) is 2. The van der Waals surface area contributed by atoms with Crippen molar-refractivity contribution in [2.24, 2.45) is 0 Å². The Hall–Kier alpha value is -0.610. The molecule has 0 spiro atoms. The third-order valence-electron chi connectivity index (χ3n) is 5.84. The van der Waals surface area contributed by atoms with E-state index in [1.165, 1.54) is 12.8 Å². The SMILES string of the molecule is CC(=O)N1CCCC[C@@H]2[C@H]1CCCN2CC1(O)CCCC1. The second-order valence-electron chi connectivity index (χ2n) is 7.39. The standard InChI is InChI=1S/C17H30N2O2/c1-14(20)19-12-5-2-7-15-16(19)8-6-11-18(15)13-17(21)9-3-4-10-17/h15-16,21H,2-13H2,1H3/t15-,16-/m1/s1. The smallest absolute Gasteiger partial charge is 0.219 e. The van der Waals surface area contributed by atoms with Gasteiger partial charge in [0.1, 0.15) is 0 Å². The van der Waals surface area contributed by atoms with Crippen molar-refractivity contribution >= 4 is 5.91 Å². The summed E-state index contributed by atoms with van der Waals surface area (Å²) in [5.41, 5.74) is -0.463. The van der Waals surface area contributed by atoms with E-state index < -0.39 is 5.60 Å². The van der Waals surface area contributed by atoms with Gasteiger partial charge in [0.15, 0.2) is 0 Å². The molecule has 1 aliphatic carbocycles. The molecule has 1 N–H and O–H groups in total. The maximum absolute atomic E-state index is 12.0. The van der Waals surface area contributed by atoms with Gasteiger partial charge >= 0.3 is 0 Å². The maximum atomic E-state index is 12.0. The second-order valence-corrected chi connectivity index (χ2v) is 7.39. The molecule has 2 aliphatic heterocycles. The highest BCUT2D eigenvalue weighted by atomic mass is 16.3. The average molecular weight is 294 g/mol. The summed E-state index contributed by atoms with van der Waals surface area (Å²) in [5, 5.41) is 10.8. The number of carbonyl (C=O) groups is 1. The Morgan fingerprint density at radius 3 is 2.48 bits per heavy atom. The van der Waals surface area contributed by atoms with Gasteiger partial charge in [-0.25, -0.2) is 0 Å². The number of fused-ring (bicyclic) bond motifs is 1. The highest BCUT2D eigenvalue weighted by molar-refractivity contribution is 5.73. The van der Waals surface area contributed by atoms with Crippen LogP contribution in [-0.2, 0) is 4.79 Å². The molecule has 3 rings (SSSR count). The molecule has 120 valence electrons. The predicted molar refractivity (Wildman–Crippen MR) is 83.0 cm³/mol. The Balaban J connectivity index is 1.74. The monoisotopic (exact) mass is 294 g/mol. The first-order valence-electron chi connectivity index (χ1n) is 8.83. The fourth-order valence-electron chi connectivity index (χ4n) is 4.80. The molecule has 2 saturated heterocycles. The average Bonchev–Trinajstić information content (AvgIpc) is 2.74. The van der Waals surface area contributed by atoms with Gasteiger partial charge in [-0.2, -0.15) is 0 Å². The summed E-state index contributed by atoms with van der Waals surface area (Å²) in [7, 11) is 0. The molecule has 0 bridgehead atoms. The van der Waals surface area contributed by atoms with Gasteiger partial charge in [0, 0.05) is 32.1 Å². The highest BCUT2D eigenvalue weighted by Crippen LogP contribution is 2.35. The Morgan fingerprint density at radius 1 is 1.05 bits per heavy atom. The topological polar surface area (TPSA) is 43.8 Å². The van der Waals surface area contributed by atoms with Crippen LogP contribution in [0.15, 0.2) is 0 Å². The van der Waals surface area contributed by atoms with Gasteiger partial charge in [-0.15, -0.1) is 0 Å². The summed E-state index contributed by atoms with van der Waals surface area (Å²) in [6, 6.07) is 0.846. The summed E-state index contributed by atoms with van der Waals surface area (Å²) in [6.45, 7) is 4.55.